The van der Waals surface area contributed by atoms with Gasteiger partial charge in [-0.15, -0.1) is 0 Å². The average molecular weight is 529 g/mol. The Morgan fingerprint density at radius 3 is 2.28 bits per heavy atom. The zero-order valence-corrected chi connectivity index (χ0v) is 26.2. The van der Waals surface area contributed by atoms with E-state index in [2.05, 4.69) is 97.0 Å². The zero-order valence-electron chi connectivity index (χ0n) is 26.2. The maximum atomic E-state index is 11.0. The summed E-state index contributed by atoms with van der Waals surface area (Å²) in [5.41, 5.74) is 5.07. The van der Waals surface area contributed by atoms with Gasteiger partial charge in [-0.25, -0.2) is 0 Å². The fraction of sp³-hybridized carbons (Fsp3) is 0.737. The molecule has 4 fully saturated rings. The van der Waals surface area contributed by atoms with Crippen molar-refractivity contribution >= 4 is 6.08 Å². The van der Waals surface area contributed by atoms with Crippen LogP contribution in [0.3, 0.4) is 0 Å². The van der Waals surface area contributed by atoms with E-state index >= 15 is 0 Å². The monoisotopic (exact) mass is 528 g/mol. The summed E-state index contributed by atoms with van der Waals surface area (Å²) >= 11 is 0. The van der Waals surface area contributed by atoms with Crippen LogP contribution in [0.15, 0.2) is 48.1 Å². The Bertz CT molecular complexity index is 1140. The maximum absolute atomic E-state index is 11.0. The van der Waals surface area contributed by atoms with Crippen molar-refractivity contribution in [3.05, 3.63) is 53.6 Å². The number of aliphatic hydroxyl groups excluding tert-OH is 1. The Hall–Kier alpha value is -1.34. The quantitative estimate of drug-likeness (QED) is 0.387. The van der Waals surface area contributed by atoms with Gasteiger partial charge in [-0.3, -0.25) is 0 Å². The van der Waals surface area contributed by atoms with Crippen LogP contribution >= 0.6 is 0 Å². The van der Waals surface area contributed by atoms with Crippen molar-refractivity contribution in [1.29, 1.82) is 0 Å². The number of hydrogen-bond acceptors (Lipinski definition) is 1. The van der Waals surface area contributed by atoms with E-state index in [0.717, 1.165) is 12.3 Å². The van der Waals surface area contributed by atoms with Gasteiger partial charge in [0.05, 0.1) is 6.10 Å². The second-order valence-electron chi connectivity index (χ2n) is 17.0. The highest BCUT2D eigenvalue weighted by atomic mass is 16.3. The fourth-order valence-corrected chi connectivity index (χ4v) is 11.7. The van der Waals surface area contributed by atoms with Gasteiger partial charge in [0.2, 0.25) is 0 Å². The lowest BCUT2D eigenvalue weighted by Crippen LogP contribution is -2.64. The first-order chi connectivity index (χ1) is 18.3. The lowest BCUT2D eigenvalue weighted by atomic mass is 9.33. The molecule has 0 heterocycles. The lowest BCUT2D eigenvalue weighted by molar-refractivity contribution is -0.203. The van der Waals surface area contributed by atoms with E-state index < -0.39 is 0 Å². The molecular weight excluding hydrogens is 472 g/mol. The summed E-state index contributed by atoms with van der Waals surface area (Å²) in [4.78, 5) is 0. The van der Waals surface area contributed by atoms with E-state index in [1.165, 1.54) is 69.8 Å². The molecule has 39 heavy (non-hydrogen) atoms. The minimum atomic E-state index is -0.145. The minimum Gasteiger partial charge on any atom is -0.393 e. The Morgan fingerprint density at radius 2 is 1.54 bits per heavy atom. The third kappa shape index (κ3) is 4.02. The highest BCUT2D eigenvalue weighted by Crippen LogP contribution is 2.76. The molecule has 5 aliphatic rings. The third-order valence-corrected chi connectivity index (χ3v) is 14.4. The van der Waals surface area contributed by atoms with Gasteiger partial charge in [0.15, 0.2) is 0 Å². The summed E-state index contributed by atoms with van der Waals surface area (Å²) < 4.78 is 0. The number of hydrogen-bond donors (Lipinski definition) is 1. The summed E-state index contributed by atoms with van der Waals surface area (Å²) in [6.07, 6.45) is 21.7. The van der Waals surface area contributed by atoms with Crippen LogP contribution in [0, 0.1) is 50.2 Å². The number of allylic oxidation sites excluding steroid dienone is 3. The standard InChI is InChI=1S/C38H56O/c1-33(2)22-24-38(19-11-14-27-12-9-8-10-13-27)25-23-36(6)28(29(38)26-33)15-16-31-35(5)20-18-32(39)34(3,4)30(35)17-21-37(31,36)7/h8-15,29-32,39H,16-26H2,1-7H3/b14-11+/t29-,30-,31+,32-,35-,36+,37+,38?/m0/s1. The van der Waals surface area contributed by atoms with Crippen molar-refractivity contribution in [2.24, 2.45) is 50.2 Å². The molecule has 1 N–H and O–H groups in total. The maximum Gasteiger partial charge on any atom is 0.0594 e. The van der Waals surface area contributed by atoms with E-state index in [1.54, 1.807) is 0 Å². The summed E-state index contributed by atoms with van der Waals surface area (Å²) in [5, 5.41) is 11.0. The Morgan fingerprint density at radius 1 is 0.821 bits per heavy atom. The van der Waals surface area contributed by atoms with Crippen LogP contribution in [-0.2, 0) is 0 Å². The van der Waals surface area contributed by atoms with Crippen molar-refractivity contribution < 1.29 is 5.11 Å². The van der Waals surface area contributed by atoms with Crippen LogP contribution in [0.1, 0.15) is 125 Å². The summed E-state index contributed by atoms with van der Waals surface area (Å²) in [5.74, 6) is 2.07. The SMILES string of the molecule is CC1(C)CCC2(C/C=C/c3ccccc3)CC[C@]3(C)C(=CC[C@@H]4[C@@]5(C)CC[C@H](O)C(C)(C)[C@@H]5CC[C@]43C)[C@@H]2C1. The highest BCUT2D eigenvalue weighted by Gasteiger charge is 2.68. The number of benzene rings is 1. The molecule has 1 heteroatoms. The van der Waals surface area contributed by atoms with Crippen molar-refractivity contribution in [2.75, 3.05) is 0 Å². The normalized spacial score (nSPS) is 46.4. The van der Waals surface area contributed by atoms with Crippen molar-refractivity contribution in [3.63, 3.8) is 0 Å². The molecule has 0 aliphatic heterocycles. The molecule has 1 nitrogen and oxygen atoms in total. The molecule has 8 atom stereocenters. The molecular formula is C38H56O. The molecule has 1 unspecified atom stereocenters. The van der Waals surface area contributed by atoms with Gasteiger partial charge in [0, 0.05) is 0 Å². The summed E-state index contributed by atoms with van der Waals surface area (Å²) in [7, 11) is 0. The van der Waals surface area contributed by atoms with Crippen molar-refractivity contribution in [2.45, 2.75) is 125 Å². The van der Waals surface area contributed by atoms with Crippen molar-refractivity contribution in [3.8, 4) is 0 Å². The van der Waals surface area contributed by atoms with Crippen LogP contribution < -0.4 is 0 Å². The van der Waals surface area contributed by atoms with Crippen LogP contribution in [0.25, 0.3) is 6.08 Å². The van der Waals surface area contributed by atoms with Crippen LogP contribution in [0.2, 0.25) is 0 Å². The van der Waals surface area contributed by atoms with Gasteiger partial charge in [-0.05, 0) is 126 Å². The predicted molar refractivity (Wildman–Crippen MR) is 165 cm³/mol. The summed E-state index contributed by atoms with van der Waals surface area (Å²) in [6.45, 7) is 17.9. The molecule has 214 valence electrons. The Labute approximate surface area is 239 Å². The minimum absolute atomic E-state index is 0.0272. The molecule has 1 aromatic rings. The molecule has 5 aliphatic carbocycles. The second kappa shape index (κ2) is 9.08. The second-order valence-corrected chi connectivity index (χ2v) is 17.0. The molecule has 0 saturated heterocycles. The van der Waals surface area contributed by atoms with Gasteiger partial charge in [-0.1, -0.05) is 103 Å². The van der Waals surface area contributed by atoms with Gasteiger partial charge >= 0.3 is 0 Å². The van der Waals surface area contributed by atoms with Crippen LogP contribution in [0.5, 0.6) is 0 Å². The molecule has 4 saturated carbocycles. The predicted octanol–water partition coefficient (Wildman–Crippen LogP) is 10.3. The molecule has 0 spiro atoms. The van der Waals surface area contributed by atoms with Gasteiger partial charge in [0.1, 0.15) is 0 Å². The van der Waals surface area contributed by atoms with E-state index in [1.807, 2.05) is 5.57 Å². The summed E-state index contributed by atoms with van der Waals surface area (Å²) in [6, 6.07) is 10.9. The van der Waals surface area contributed by atoms with E-state index in [4.69, 9.17) is 0 Å². The van der Waals surface area contributed by atoms with Crippen LogP contribution in [-0.4, -0.2) is 11.2 Å². The molecule has 0 amide bonds. The molecule has 0 radical (unpaired) electrons. The number of rotatable bonds is 3. The van der Waals surface area contributed by atoms with E-state index in [-0.39, 0.29) is 11.5 Å². The smallest absolute Gasteiger partial charge is 0.0594 e. The first kappa shape index (κ1) is 27.8. The largest absolute Gasteiger partial charge is 0.393 e. The van der Waals surface area contributed by atoms with Crippen molar-refractivity contribution in [1.82, 2.24) is 0 Å². The first-order valence-corrected chi connectivity index (χ1v) is 16.4. The number of aliphatic hydroxyl groups is 1. The zero-order chi connectivity index (χ0) is 27.9. The molecule has 6 rings (SSSR count). The van der Waals surface area contributed by atoms with Gasteiger partial charge < -0.3 is 5.11 Å². The van der Waals surface area contributed by atoms with Gasteiger partial charge in [0.25, 0.3) is 0 Å². The van der Waals surface area contributed by atoms with Crippen LogP contribution in [0.4, 0.5) is 0 Å². The molecule has 0 aromatic heterocycles. The van der Waals surface area contributed by atoms with E-state index in [9.17, 15) is 5.11 Å². The molecule has 0 bridgehead atoms. The molecule has 1 aromatic carbocycles. The fourth-order valence-electron chi connectivity index (χ4n) is 11.7. The first-order valence-electron chi connectivity index (χ1n) is 16.4. The lowest BCUT2D eigenvalue weighted by Gasteiger charge is -2.71. The highest BCUT2D eigenvalue weighted by molar-refractivity contribution is 5.49. The Kier molecular flexibility index (Phi) is 6.47. The topological polar surface area (TPSA) is 20.2 Å². The van der Waals surface area contributed by atoms with E-state index in [0.29, 0.717) is 38.9 Å². The van der Waals surface area contributed by atoms with Gasteiger partial charge in [-0.2, -0.15) is 0 Å². The Balaban J connectivity index is 1.36. The average Bonchev–Trinajstić information content (AvgIpc) is 2.88. The third-order valence-electron chi connectivity index (χ3n) is 14.4. The number of fused-ring (bicyclic) bond motifs is 7.